The van der Waals surface area contributed by atoms with Gasteiger partial charge < -0.3 is 14.6 Å². The van der Waals surface area contributed by atoms with Crippen molar-refractivity contribution in [2.24, 2.45) is 0 Å². The first-order chi connectivity index (χ1) is 11.7. The molecule has 2 aromatic heterocycles. The van der Waals surface area contributed by atoms with Gasteiger partial charge in [0.25, 0.3) is 5.91 Å². The van der Waals surface area contributed by atoms with Crippen molar-refractivity contribution in [3.05, 3.63) is 60.6 Å². The minimum absolute atomic E-state index is 0.125. The Morgan fingerprint density at radius 2 is 1.92 bits per heavy atom. The number of benzene rings is 1. The van der Waals surface area contributed by atoms with E-state index in [1.165, 1.54) is 0 Å². The molecule has 6 nitrogen and oxygen atoms in total. The summed E-state index contributed by atoms with van der Waals surface area (Å²) >= 11 is 0. The first kappa shape index (κ1) is 15.9. The molecule has 3 rings (SSSR count). The molecule has 0 atom stereocenters. The molecule has 1 amide bonds. The molecule has 3 aromatic rings. The molecule has 0 radical (unpaired) electrons. The third-order valence-electron chi connectivity index (χ3n) is 3.69. The fraction of sp³-hybridized carbons (Fsp3) is 0.222. The van der Waals surface area contributed by atoms with Crippen molar-refractivity contribution >= 4 is 5.91 Å². The molecule has 0 bridgehead atoms. The van der Waals surface area contributed by atoms with Crippen LogP contribution in [0, 0.1) is 0 Å². The SMILES string of the molecule is CCCNC(=O)c1cnn(-c2ccc(OC)cc2)c1-n1cccc1. The van der Waals surface area contributed by atoms with Crippen LogP contribution >= 0.6 is 0 Å². The van der Waals surface area contributed by atoms with Crippen molar-refractivity contribution in [3.8, 4) is 17.3 Å². The maximum absolute atomic E-state index is 12.5. The van der Waals surface area contributed by atoms with Crippen LogP contribution in [-0.4, -0.2) is 33.9 Å². The van der Waals surface area contributed by atoms with E-state index in [2.05, 4.69) is 10.4 Å². The smallest absolute Gasteiger partial charge is 0.256 e. The molecule has 1 N–H and O–H groups in total. The van der Waals surface area contributed by atoms with E-state index in [1.54, 1.807) is 18.0 Å². The summed E-state index contributed by atoms with van der Waals surface area (Å²) in [6.45, 7) is 2.66. The summed E-state index contributed by atoms with van der Waals surface area (Å²) in [5.74, 6) is 1.36. The normalized spacial score (nSPS) is 10.6. The number of rotatable bonds is 6. The Kier molecular flexibility index (Phi) is 4.65. The summed E-state index contributed by atoms with van der Waals surface area (Å²) in [5.41, 5.74) is 1.39. The molecule has 0 spiro atoms. The van der Waals surface area contributed by atoms with Gasteiger partial charge in [0.15, 0.2) is 5.82 Å². The topological polar surface area (TPSA) is 61.1 Å². The third kappa shape index (κ3) is 3.03. The molecule has 0 aliphatic carbocycles. The molecular formula is C18H20N4O2. The van der Waals surface area contributed by atoms with Crippen LogP contribution in [0.4, 0.5) is 0 Å². The number of hydrogen-bond acceptors (Lipinski definition) is 3. The lowest BCUT2D eigenvalue weighted by molar-refractivity contribution is 0.0953. The molecule has 0 unspecified atom stereocenters. The second-order valence-corrected chi connectivity index (χ2v) is 5.34. The highest BCUT2D eigenvalue weighted by atomic mass is 16.5. The number of methoxy groups -OCH3 is 1. The van der Waals surface area contributed by atoms with Crippen molar-refractivity contribution in [3.63, 3.8) is 0 Å². The zero-order valence-electron chi connectivity index (χ0n) is 13.8. The summed E-state index contributed by atoms with van der Waals surface area (Å²) < 4.78 is 8.83. The monoisotopic (exact) mass is 324 g/mol. The van der Waals surface area contributed by atoms with Gasteiger partial charge >= 0.3 is 0 Å². The number of hydrogen-bond donors (Lipinski definition) is 1. The van der Waals surface area contributed by atoms with Gasteiger partial charge in [0.1, 0.15) is 11.3 Å². The third-order valence-corrected chi connectivity index (χ3v) is 3.69. The molecular weight excluding hydrogens is 304 g/mol. The number of nitrogens with one attached hydrogen (secondary N) is 1. The Bertz CT molecular complexity index is 804. The van der Waals surface area contributed by atoms with E-state index in [1.807, 2.05) is 60.3 Å². The van der Waals surface area contributed by atoms with Gasteiger partial charge in [-0.15, -0.1) is 0 Å². The van der Waals surface area contributed by atoms with Crippen LogP contribution in [0.5, 0.6) is 5.75 Å². The van der Waals surface area contributed by atoms with Crippen LogP contribution in [0.3, 0.4) is 0 Å². The lowest BCUT2D eigenvalue weighted by Gasteiger charge is -2.11. The summed E-state index contributed by atoms with van der Waals surface area (Å²) in [7, 11) is 1.63. The number of nitrogens with zero attached hydrogens (tertiary/aromatic N) is 3. The van der Waals surface area contributed by atoms with E-state index in [-0.39, 0.29) is 5.91 Å². The molecule has 0 aliphatic rings. The zero-order valence-corrected chi connectivity index (χ0v) is 13.8. The van der Waals surface area contributed by atoms with E-state index < -0.39 is 0 Å². The maximum Gasteiger partial charge on any atom is 0.256 e. The minimum Gasteiger partial charge on any atom is -0.497 e. The van der Waals surface area contributed by atoms with Crippen LogP contribution in [0.15, 0.2) is 55.0 Å². The highest BCUT2D eigenvalue weighted by Crippen LogP contribution is 2.21. The van der Waals surface area contributed by atoms with Gasteiger partial charge in [-0.05, 0) is 42.8 Å². The predicted octanol–water partition coefficient (Wildman–Crippen LogP) is 2.81. The molecule has 1 aromatic carbocycles. The lowest BCUT2D eigenvalue weighted by atomic mass is 10.2. The fourth-order valence-corrected chi connectivity index (χ4v) is 2.47. The Hall–Kier alpha value is -3.02. The van der Waals surface area contributed by atoms with E-state index >= 15 is 0 Å². The van der Waals surface area contributed by atoms with Crippen molar-refractivity contribution in [2.75, 3.05) is 13.7 Å². The average molecular weight is 324 g/mol. The van der Waals surface area contributed by atoms with Crippen LogP contribution in [0.1, 0.15) is 23.7 Å². The van der Waals surface area contributed by atoms with Gasteiger partial charge in [-0.1, -0.05) is 6.92 Å². The Morgan fingerprint density at radius 3 is 2.54 bits per heavy atom. The molecule has 124 valence electrons. The number of carbonyl (C=O) groups is 1. The zero-order chi connectivity index (χ0) is 16.9. The van der Waals surface area contributed by atoms with Gasteiger partial charge in [-0.25, -0.2) is 4.68 Å². The van der Waals surface area contributed by atoms with Crippen molar-refractivity contribution < 1.29 is 9.53 Å². The quantitative estimate of drug-likeness (QED) is 0.758. The average Bonchev–Trinajstić information content (AvgIpc) is 3.28. The van der Waals surface area contributed by atoms with Crippen LogP contribution < -0.4 is 10.1 Å². The fourth-order valence-electron chi connectivity index (χ4n) is 2.47. The highest BCUT2D eigenvalue weighted by Gasteiger charge is 2.19. The van der Waals surface area contributed by atoms with Crippen LogP contribution in [-0.2, 0) is 0 Å². The van der Waals surface area contributed by atoms with Crippen molar-refractivity contribution in [1.29, 1.82) is 0 Å². The first-order valence-electron chi connectivity index (χ1n) is 7.88. The number of ether oxygens (including phenoxy) is 1. The van der Waals surface area contributed by atoms with Crippen molar-refractivity contribution in [1.82, 2.24) is 19.7 Å². The molecule has 0 saturated heterocycles. The number of carbonyl (C=O) groups excluding carboxylic acids is 1. The maximum atomic E-state index is 12.5. The van der Waals surface area contributed by atoms with E-state index in [0.29, 0.717) is 17.9 Å². The predicted molar refractivity (Wildman–Crippen MR) is 92.1 cm³/mol. The standard InChI is InChI=1S/C18H20N4O2/c1-3-10-19-17(23)16-13-20-22(18(16)21-11-4-5-12-21)14-6-8-15(24-2)9-7-14/h4-9,11-13H,3,10H2,1-2H3,(H,19,23). The Labute approximate surface area is 140 Å². The van der Waals surface area contributed by atoms with Gasteiger partial charge in [0.05, 0.1) is 19.0 Å². The highest BCUT2D eigenvalue weighted by molar-refractivity contribution is 5.97. The van der Waals surface area contributed by atoms with Gasteiger partial charge in [0.2, 0.25) is 0 Å². The van der Waals surface area contributed by atoms with Gasteiger partial charge in [0, 0.05) is 18.9 Å². The summed E-state index contributed by atoms with van der Waals surface area (Å²) in [5, 5.41) is 7.33. The summed E-state index contributed by atoms with van der Waals surface area (Å²) in [6.07, 6.45) is 6.28. The second-order valence-electron chi connectivity index (χ2n) is 5.34. The second kappa shape index (κ2) is 7.04. The first-order valence-corrected chi connectivity index (χ1v) is 7.88. The molecule has 24 heavy (non-hydrogen) atoms. The number of amides is 1. The Balaban J connectivity index is 2.06. The minimum atomic E-state index is -0.125. The lowest BCUT2D eigenvalue weighted by Crippen LogP contribution is -2.25. The molecule has 2 heterocycles. The molecule has 0 saturated carbocycles. The molecule has 0 fully saturated rings. The molecule has 0 aliphatic heterocycles. The van der Waals surface area contributed by atoms with Crippen LogP contribution in [0.2, 0.25) is 0 Å². The van der Waals surface area contributed by atoms with Crippen molar-refractivity contribution in [2.45, 2.75) is 13.3 Å². The van der Waals surface area contributed by atoms with Crippen LogP contribution in [0.25, 0.3) is 11.5 Å². The molecule has 6 heteroatoms. The van der Waals surface area contributed by atoms with Gasteiger partial charge in [-0.3, -0.25) is 4.79 Å². The summed E-state index contributed by atoms with van der Waals surface area (Å²) in [6, 6.07) is 11.4. The summed E-state index contributed by atoms with van der Waals surface area (Å²) in [4.78, 5) is 12.5. The number of aromatic nitrogens is 3. The van der Waals surface area contributed by atoms with E-state index in [9.17, 15) is 4.79 Å². The van der Waals surface area contributed by atoms with E-state index in [4.69, 9.17) is 4.74 Å². The van der Waals surface area contributed by atoms with Gasteiger partial charge in [-0.2, -0.15) is 5.10 Å². The Morgan fingerprint density at radius 1 is 1.21 bits per heavy atom. The largest absolute Gasteiger partial charge is 0.497 e. The van der Waals surface area contributed by atoms with E-state index in [0.717, 1.165) is 17.9 Å².